The van der Waals surface area contributed by atoms with Gasteiger partial charge in [-0.2, -0.15) is 0 Å². The van der Waals surface area contributed by atoms with Gasteiger partial charge in [0.1, 0.15) is 5.69 Å². The maximum Gasteiger partial charge on any atom is 0.280 e. The van der Waals surface area contributed by atoms with E-state index in [1.54, 1.807) is 0 Å². The quantitative estimate of drug-likeness (QED) is 0.721. The minimum atomic E-state index is -2.47. The summed E-state index contributed by atoms with van der Waals surface area (Å²) in [6, 6.07) is 1.47. The third-order valence-electron chi connectivity index (χ3n) is 2.27. The predicted octanol–water partition coefficient (Wildman–Crippen LogP) is 1.93. The Kier molecular flexibility index (Phi) is 2.00. The lowest BCUT2D eigenvalue weighted by atomic mass is 10.1. The van der Waals surface area contributed by atoms with Crippen molar-refractivity contribution in [1.29, 1.82) is 0 Å². The molecule has 0 aromatic carbocycles. The van der Waals surface area contributed by atoms with Gasteiger partial charge >= 0.3 is 0 Å². The van der Waals surface area contributed by atoms with E-state index in [2.05, 4.69) is 10.3 Å². The number of rotatable bonds is 1. The van der Waals surface area contributed by atoms with Crippen molar-refractivity contribution in [3.8, 4) is 0 Å². The molecule has 4 heteroatoms. The highest BCUT2D eigenvalue weighted by molar-refractivity contribution is 5.34. The summed E-state index contributed by atoms with van der Waals surface area (Å²) in [6.45, 7) is 3.20. The number of halogens is 2. The standard InChI is InChI=1S/C9H10F2N2/c1-5-2-7(9(10)11)13-8-4-12-3-6(5)8/h2,9,12H,3-4H2,1H3. The first-order valence-electron chi connectivity index (χ1n) is 4.16. The summed E-state index contributed by atoms with van der Waals surface area (Å²) in [4.78, 5) is 3.90. The minimum Gasteiger partial charge on any atom is -0.307 e. The highest BCUT2D eigenvalue weighted by Gasteiger charge is 2.18. The van der Waals surface area contributed by atoms with Crippen LogP contribution in [-0.4, -0.2) is 4.98 Å². The van der Waals surface area contributed by atoms with E-state index in [0.29, 0.717) is 6.54 Å². The second kappa shape index (κ2) is 3.03. The summed E-state index contributed by atoms with van der Waals surface area (Å²) in [5.41, 5.74) is 2.64. The maximum atomic E-state index is 12.3. The van der Waals surface area contributed by atoms with Crippen LogP contribution in [0.3, 0.4) is 0 Å². The van der Waals surface area contributed by atoms with Crippen molar-refractivity contribution in [3.63, 3.8) is 0 Å². The number of nitrogens with zero attached hydrogens (tertiary/aromatic N) is 1. The molecular formula is C9H10F2N2. The lowest BCUT2D eigenvalue weighted by molar-refractivity contribution is 0.145. The van der Waals surface area contributed by atoms with Gasteiger partial charge in [-0.15, -0.1) is 0 Å². The Morgan fingerprint density at radius 2 is 2.23 bits per heavy atom. The van der Waals surface area contributed by atoms with Gasteiger partial charge in [-0.25, -0.2) is 8.78 Å². The third-order valence-corrected chi connectivity index (χ3v) is 2.27. The minimum absolute atomic E-state index is 0.111. The van der Waals surface area contributed by atoms with E-state index >= 15 is 0 Å². The average molecular weight is 184 g/mol. The van der Waals surface area contributed by atoms with Crippen molar-refractivity contribution in [2.24, 2.45) is 0 Å². The van der Waals surface area contributed by atoms with Crippen molar-refractivity contribution in [2.75, 3.05) is 0 Å². The zero-order chi connectivity index (χ0) is 9.42. The number of hydrogen-bond donors (Lipinski definition) is 1. The van der Waals surface area contributed by atoms with Crippen LogP contribution in [0.5, 0.6) is 0 Å². The van der Waals surface area contributed by atoms with Crippen LogP contribution in [0, 0.1) is 6.92 Å². The van der Waals surface area contributed by atoms with Gasteiger partial charge < -0.3 is 5.32 Å². The molecule has 0 saturated carbocycles. The molecule has 1 aliphatic rings. The van der Waals surface area contributed by atoms with Crippen LogP contribution in [-0.2, 0) is 13.1 Å². The van der Waals surface area contributed by atoms with Gasteiger partial charge in [0.25, 0.3) is 6.43 Å². The summed E-state index contributed by atoms with van der Waals surface area (Å²) in [5, 5.41) is 3.09. The van der Waals surface area contributed by atoms with Crippen molar-refractivity contribution >= 4 is 0 Å². The summed E-state index contributed by atoms with van der Waals surface area (Å²) in [7, 11) is 0. The molecule has 1 N–H and O–H groups in total. The first-order valence-corrected chi connectivity index (χ1v) is 4.16. The molecule has 0 aliphatic carbocycles. The molecular weight excluding hydrogens is 174 g/mol. The number of hydrogen-bond acceptors (Lipinski definition) is 2. The zero-order valence-corrected chi connectivity index (χ0v) is 7.27. The molecule has 2 nitrogen and oxygen atoms in total. The monoisotopic (exact) mass is 184 g/mol. The van der Waals surface area contributed by atoms with Crippen molar-refractivity contribution < 1.29 is 8.78 Å². The van der Waals surface area contributed by atoms with Crippen LogP contribution in [0.15, 0.2) is 6.07 Å². The predicted molar refractivity (Wildman–Crippen MR) is 44.5 cm³/mol. The van der Waals surface area contributed by atoms with E-state index in [9.17, 15) is 8.78 Å². The van der Waals surface area contributed by atoms with Gasteiger partial charge in [-0.3, -0.25) is 4.98 Å². The zero-order valence-electron chi connectivity index (χ0n) is 7.27. The summed E-state index contributed by atoms with van der Waals surface area (Å²) < 4.78 is 24.7. The van der Waals surface area contributed by atoms with E-state index in [0.717, 1.165) is 23.4 Å². The second-order valence-electron chi connectivity index (χ2n) is 3.19. The molecule has 13 heavy (non-hydrogen) atoms. The van der Waals surface area contributed by atoms with E-state index < -0.39 is 6.43 Å². The molecule has 0 bridgehead atoms. The molecule has 0 atom stereocenters. The SMILES string of the molecule is Cc1cc(C(F)F)nc2c1CNC2. The van der Waals surface area contributed by atoms with Crippen LogP contribution < -0.4 is 5.32 Å². The van der Waals surface area contributed by atoms with Crippen LogP contribution >= 0.6 is 0 Å². The van der Waals surface area contributed by atoms with Crippen molar-refractivity contribution in [1.82, 2.24) is 10.3 Å². The van der Waals surface area contributed by atoms with E-state index in [-0.39, 0.29) is 5.69 Å². The van der Waals surface area contributed by atoms with Gasteiger partial charge in [-0.05, 0) is 24.1 Å². The molecule has 70 valence electrons. The van der Waals surface area contributed by atoms with Crippen LogP contribution in [0.4, 0.5) is 8.78 Å². The fourth-order valence-electron chi connectivity index (χ4n) is 1.60. The van der Waals surface area contributed by atoms with Gasteiger partial charge in [0.15, 0.2) is 0 Å². The molecule has 2 heterocycles. The number of alkyl halides is 2. The Labute approximate surface area is 75.0 Å². The highest BCUT2D eigenvalue weighted by Crippen LogP contribution is 2.23. The normalized spacial score (nSPS) is 15.1. The first-order chi connectivity index (χ1) is 6.18. The van der Waals surface area contributed by atoms with Gasteiger partial charge in [0.2, 0.25) is 0 Å². The highest BCUT2D eigenvalue weighted by atomic mass is 19.3. The Hall–Kier alpha value is -1.03. The molecule has 0 fully saturated rings. The largest absolute Gasteiger partial charge is 0.307 e. The fourth-order valence-corrected chi connectivity index (χ4v) is 1.60. The molecule has 1 aromatic rings. The van der Waals surface area contributed by atoms with Crippen LogP contribution in [0.2, 0.25) is 0 Å². The van der Waals surface area contributed by atoms with Crippen LogP contribution in [0.1, 0.15) is 28.9 Å². The smallest absolute Gasteiger partial charge is 0.280 e. The lowest BCUT2D eigenvalue weighted by Crippen LogP contribution is -2.00. The molecule has 0 unspecified atom stereocenters. The molecule has 0 spiro atoms. The van der Waals surface area contributed by atoms with Crippen molar-refractivity contribution in [3.05, 3.63) is 28.6 Å². The van der Waals surface area contributed by atoms with E-state index in [1.807, 2.05) is 6.92 Å². The van der Waals surface area contributed by atoms with Gasteiger partial charge in [0, 0.05) is 13.1 Å². The lowest BCUT2D eigenvalue weighted by Gasteiger charge is -2.05. The Morgan fingerprint density at radius 1 is 1.46 bits per heavy atom. The number of aryl methyl sites for hydroxylation is 1. The summed E-state index contributed by atoms with van der Waals surface area (Å²) in [6.07, 6.45) is -2.47. The summed E-state index contributed by atoms with van der Waals surface area (Å²) in [5.74, 6) is 0. The molecule has 0 radical (unpaired) electrons. The summed E-state index contributed by atoms with van der Waals surface area (Å²) >= 11 is 0. The first kappa shape index (κ1) is 8.56. The average Bonchev–Trinajstić information content (AvgIpc) is 2.51. The topological polar surface area (TPSA) is 24.9 Å². The molecule has 0 saturated heterocycles. The molecule has 0 amide bonds. The molecule has 1 aliphatic heterocycles. The van der Waals surface area contributed by atoms with E-state index in [4.69, 9.17) is 0 Å². The number of pyridine rings is 1. The molecule has 2 rings (SSSR count). The van der Waals surface area contributed by atoms with E-state index in [1.165, 1.54) is 6.07 Å². The Morgan fingerprint density at radius 3 is 2.92 bits per heavy atom. The van der Waals surface area contributed by atoms with Gasteiger partial charge in [-0.1, -0.05) is 0 Å². The maximum absolute atomic E-state index is 12.3. The number of aromatic nitrogens is 1. The Bertz CT molecular complexity index is 337. The Balaban J connectivity index is 2.49. The number of nitrogens with one attached hydrogen (secondary N) is 1. The third kappa shape index (κ3) is 1.42. The number of fused-ring (bicyclic) bond motifs is 1. The fraction of sp³-hybridized carbons (Fsp3) is 0.444. The van der Waals surface area contributed by atoms with Crippen LogP contribution in [0.25, 0.3) is 0 Å². The molecule has 1 aromatic heterocycles. The van der Waals surface area contributed by atoms with Gasteiger partial charge in [0.05, 0.1) is 5.69 Å². The van der Waals surface area contributed by atoms with Crippen molar-refractivity contribution in [2.45, 2.75) is 26.4 Å². The second-order valence-corrected chi connectivity index (χ2v) is 3.19.